The van der Waals surface area contributed by atoms with Gasteiger partial charge in [0.25, 0.3) is 5.91 Å². The molecule has 0 aliphatic carbocycles. The van der Waals surface area contributed by atoms with Gasteiger partial charge in [-0.1, -0.05) is 35.9 Å². The molecule has 102 valence electrons. The maximum atomic E-state index is 12.1. The molecule has 1 heterocycles. The first-order chi connectivity index (χ1) is 9.65. The van der Waals surface area contributed by atoms with Crippen LogP contribution in [0.15, 0.2) is 42.5 Å². The van der Waals surface area contributed by atoms with Crippen LogP contribution in [-0.2, 0) is 11.3 Å². The normalized spacial score (nSPS) is 13.8. The number of nitrogens with two attached hydrogens (primary N) is 1. The van der Waals surface area contributed by atoms with E-state index < -0.39 is 0 Å². The molecule has 0 radical (unpaired) electrons. The molecule has 0 saturated carbocycles. The van der Waals surface area contributed by atoms with Crippen LogP contribution >= 0.6 is 0 Å². The minimum Gasteiger partial charge on any atom is -0.481 e. The molecule has 1 amide bonds. The standard InChI is InChI=1S/C16H16N2O2/c1-11-4-2-5-12(8-11)9-18-15(19)10-20-14-7-3-6-13(17)16(14)18/h2-8H,9-10,17H2,1H3. The quantitative estimate of drug-likeness (QED) is 0.851. The summed E-state index contributed by atoms with van der Waals surface area (Å²) in [5.74, 6) is 0.592. The van der Waals surface area contributed by atoms with Gasteiger partial charge in [-0.15, -0.1) is 0 Å². The summed E-state index contributed by atoms with van der Waals surface area (Å²) in [6.07, 6.45) is 0. The van der Waals surface area contributed by atoms with Crippen LogP contribution < -0.4 is 15.4 Å². The van der Waals surface area contributed by atoms with Crippen LogP contribution in [-0.4, -0.2) is 12.5 Å². The third-order valence-electron chi connectivity index (χ3n) is 3.38. The van der Waals surface area contributed by atoms with Gasteiger partial charge in [0, 0.05) is 0 Å². The van der Waals surface area contributed by atoms with Crippen molar-refractivity contribution < 1.29 is 9.53 Å². The molecular weight excluding hydrogens is 252 g/mol. The van der Waals surface area contributed by atoms with Crippen molar-refractivity contribution in [1.82, 2.24) is 0 Å². The largest absolute Gasteiger partial charge is 0.481 e. The van der Waals surface area contributed by atoms with E-state index in [2.05, 4.69) is 6.07 Å². The first-order valence-electron chi connectivity index (χ1n) is 6.52. The Morgan fingerprint density at radius 1 is 1.25 bits per heavy atom. The van der Waals surface area contributed by atoms with E-state index in [0.29, 0.717) is 23.7 Å². The monoisotopic (exact) mass is 268 g/mol. The first kappa shape index (κ1) is 12.5. The molecule has 2 aromatic carbocycles. The van der Waals surface area contributed by atoms with Crippen molar-refractivity contribution in [2.75, 3.05) is 17.2 Å². The summed E-state index contributed by atoms with van der Waals surface area (Å²) in [4.78, 5) is 13.8. The van der Waals surface area contributed by atoms with E-state index in [9.17, 15) is 4.79 Å². The van der Waals surface area contributed by atoms with Gasteiger partial charge in [-0.25, -0.2) is 0 Å². The van der Waals surface area contributed by atoms with E-state index in [1.54, 1.807) is 11.0 Å². The van der Waals surface area contributed by atoms with Crippen LogP contribution in [0.5, 0.6) is 5.75 Å². The fraction of sp³-hybridized carbons (Fsp3) is 0.188. The summed E-state index contributed by atoms with van der Waals surface area (Å²) in [6.45, 7) is 2.60. The molecule has 0 spiro atoms. The number of hydrogen-bond donors (Lipinski definition) is 1. The third kappa shape index (κ3) is 2.20. The molecular formula is C16H16N2O2. The summed E-state index contributed by atoms with van der Waals surface area (Å²) in [6, 6.07) is 13.5. The number of fused-ring (bicyclic) bond motifs is 1. The molecule has 20 heavy (non-hydrogen) atoms. The molecule has 0 unspecified atom stereocenters. The smallest absolute Gasteiger partial charge is 0.265 e. The number of hydrogen-bond acceptors (Lipinski definition) is 3. The summed E-state index contributed by atoms with van der Waals surface area (Å²) in [5, 5.41) is 0. The minimum atomic E-state index is -0.0723. The Labute approximate surface area is 117 Å². The molecule has 2 N–H and O–H groups in total. The van der Waals surface area contributed by atoms with Gasteiger partial charge in [-0.05, 0) is 24.6 Å². The number of carbonyl (C=O) groups is 1. The Morgan fingerprint density at radius 2 is 2.05 bits per heavy atom. The predicted octanol–water partition coefficient (Wildman–Crippen LogP) is 2.50. The number of anilines is 2. The van der Waals surface area contributed by atoms with Crippen LogP contribution in [0, 0.1) is 6.92 Å². The Hall–Kier alpha value is -2.49. The van der Waals surface area contributed by atoms with Crippen molar-refractivity contribution in [3.8, 4) is 5.75 Å². The topological polar surface area (TPSA) is 55.6 Å². The second kappa shape index (κ2) is 4.89. The molecule has 0 aromatic heterocycles. The zero-order chi connectivity index (χ0) is 14.1. The lowest BCUT2D eigenvalue weighted by Crippen LogP contribution is -2.38. The summed E-state index contributed by atoms with van der Waals surface area (Å²) < 4.78 is 5.44. The lowest BCUT2D eigenvalue weighted by atomic mass is 10.1. The second-order valence-electron chi connectivity index (χ2n) is 4.95. The number of nitrogen functional groups attached to an aromatic ring is 1. The Balaban J connectivity index is 1.99. The van der Waals surface area contributed by atoms with Gasteiger partial charge in [-0.2, -0.15) is 0 Å². The molecule has 4 heteroatoms. The van der Waals surface area contributed by atoms with Crippen LogP contribution in [0.4, 0.5) is 11.4 Å². The van der Waals surface area contributed by atoms with Crippen LogP contribution in [0.3, 0.4) is 0 Å². The highest BCUT2D eigenvalue weighted by Crippen LogP contribution is 2.37. The van der Waals surface area contributed by atoms with Crippen LogP contribution in [0.1, 0.15) is 11.1 Å². The van der Waals surface area contributed by atoms with Gasteiger partial charge in [0.05, 0.1) is 12.2 Å². The van der Waals surface area contributed by atoms with Gasteiger partial charge < -0.3 is 10.5 Å². The van der Waals surface area contributed by atoms with Gasteiger partial charge in [0.15, 0.2) is 6.61 Å². The van der Waals surface area contributed by atoms with Gasteiger partial charge in [-0.3, -0.25) is 9.69 Å². The van der Waals surface area contributed by atoms with Crippen molar-refractivity contribution in [3.63, 3.8) is 0 Å². The van der Waals surface area contributed by atoms with E-state index in [-0.39, 0.29) is 12.5 Å². The lowest BCUT2D eigenvalue weighted by molar-refractivity contribution is -0.121. The van der Waals surface area contributed by atoms with E-state index in [0.717, 1.165) is 5.56 Å². The molecule has 0 fully saturated rings. The highest BCUT2D eigenvalue weighted by Gasteiger charge is 2.27. The average Bonchev–Trinajstić information content (AvgIpc) is 2.42. The average molecular weight is 268 g/mol. The van der Waals surface area contributed by atoms with Gasteiger partial charge >= 0.3 is 0 Å². The number of rotatable bonds is 2. The number of para-hydroxylation sites is 1. The zero-order valence-electron chi connectivity index (χ0n) is 11.3. The lowest BCUT2D eigenvalue weighted by Gasteiger charge is -2.30. The molecule has 1 aliphatic rings. The zero-order valence-corrected chi connectivity index (χ0v) is 11.3. The van der Waals surface area contributed by atoms with E-state index in [4.69, 9.17) is 10.5 Å². The van der Waals surface area contributed by atoms with Crippen molar-refractivity contribution in [2.24, 2.45) is 0 Å². The molecule has 0 bridgehead atoms. The minimum absolute atomic E-state index is 0.0578. The molecule has 2 aromatic rings. The fourth-order valence-corrected chi connectivity index (χ4v) is 2.45. The van der Waals surface area contributed by atoms with Crippen molar-refractivity contribution in [3.05, 3.63) is 53.6 Å². The van der Waals surface area contributed by atoms with Gasteiger partial charge in [0.1, 0.15) is 11.4 Å². The maximum Gasteiger partial charge on any atom is 0.265 e. The Morgan fingerprint density at radius 3 is 2.85 bits per heavy atom. The SMILES string of the molecule is Cc1cccc(CN2C(=O)COc3cccc(N)c32)c1. The van der Waals surface area contributed by atoms with Gasteiger partial charge in [0.2, 0.25) is 0 Å². The molecule has 3 rings (SSSR count). The molecule has 1 aliphatic heterocycles. The summed E-state index contributed by atoms with van der Waals surface area (Å²) in [5.41, 5.74) is 9.48. The Kier molecular flexibility index (Phi) is 3.06. The number of carbonyl (C=O) groups excluding carboxylic acids is 1. The van der Waals surface area contributed by atoms with Crippen molar-refractivity contribution >= 4 is 17.3 Å². The highest BCUT2D eigenvalue weighted by molar-refractivity contribution is 6.01. The first-order valence-corrected chi connectivity index (χ1v) is 6.52. The highest BCUT2D eigenvalue weighted by atomic mass is 16.5. The molecule has 0 saturated heterocycles. The number of benzene rings is 2. The summed E-state index contributed by atoms with van der Waals surface area (Å²) >= 11 is 0. The number of nitrogens with zero attached hydrogens (tertiary/aromatic N) is 1. The molecule has 0 atom stereocenters. The maximum absolute atomic E-state index is 12.1. The van der Waals surface area contributed by atoms with Crippen LogP contribution in [0.2, 0.25) is 0 Å². The predicted molar refractivity (Wildman–Crippen MR) is 78.7 cm³/mol. The second-order valence-corrected chi connectivity index (χ2v) is 4.95. The van der Waals surface area contributed by atoms with E-state index in [1.165, 1.54) is 5.56 Å². The Bertz CT molecular complexity index is 667. The third-order valence-corrected chi connectivity index (χ3v) is 3.38. The van der Waals surface area contributed by atoms with E-state index in [1.807, 2.05) is 37.3 Å². The fourth-order valence-electron chi connectivity index (χ4n) is 2.45. The van der Waals surface area contributed by atoms with Crippen LogP contribution in [0.25, 0.3) is 0 Å². The van der Waals surface area contributed by atoms with Crippen molar-refractivity contribution in [2.45, 2.75) is 13.5 Å². The van der Waals surface area contributed by atoms with E-state index >= 15 is 0 Å². The summed E-state index contributed by atoms with van der Waals surface area (Å²) in [7, 11) is 0. The number of ether oxygens (including phenoxy) is 1. The number of amides is 1. The van der Waals surface area contributed by atoms with Crippen molar-refractivity contribution in [1.29, 1.82) is 0 Å². The number of aryl methyl sites for hydroxylation is 1. The molecule has 4 nitrogen and oxygen atoms in total.